The molecule has 1 atom stereocenters. The largest absolute Gasteiger partial charge is 0.489 e. The minimum atomic E-state index is 0.127. The van der Waals surface area contributed by atoms with Crippen LogP contribution < -0.4 is 4.74 Å². The van der Waals surface area contributed by atoms with Crippen LogP contribution in [0.1, 0.15) is 88.3 Å². The molecule has 3 rings (SSSR count). The molecule has 0 heterocycles. The molecule has 1 aliphatic rings. The number of unbranched alkanes of at least 4 members (excludes halogenated alkanes) is 1. The second kappa shape index (κ2) is 9.41. The summed E-state index contributed by atoms with van der Waals surface area (Å²) in [5.41, 5.74) is 3.83. The molecule has 150 valence electrons. The topological polar surface area (TPSA) is 26.3 Å². The summed E-state index contributed by atoms with van der Waals surface area (Å²) in [7, 11) is 0. The molecule has 2 aromatic rings. The van der Waals surface area contributed by atoms with Gasteiger partial charge in [0.05, 0.1) is 0 Å². The molecule has 0 spiro atoms. The Morgan fingerprint density at radius 1 is 1.11 bits per heavy atom. The number of carbonyl (C=O) groups is 1. The third-order valence-electron chi connectivity index (χ3n) is 6.11. The van der Waals surface area contributed by atoms with Gasteiger partial charge in [-0.1, -0.05) is 76.1 Å². The van der Waals surface area contributed by atoms with E-state index in [2.05, 4.69) is 51.1 Å². The highest BCUT2D eigenvalue weighted by molar-refractivity contribution is 5.80. The van der Waals surface area contributed by atoms with Crippen molar-refractivity contribution in [1.82, 2.24) is 0 Å². The summed E-state index contributed by atoms with van der Waals surface area (Å²) in [5, 5.41) is 0. The lowest BCUT2D eigenvalue weighted by Gasteiger charge is -2.29. The van der Waals surface area contributed by atoms with Gasteiger partial charge < -0.3 is 4.74 Å². The van der Waals surface area contributed by atoms with Crippen molar-refractivity contribution in [3.8, 4) is 5.75 Å². The summed E-state index contributed by atoms with van der Waals surface area (Å²) in [5.74, 6) is 1.64. The van der Waals surface area contributed by atoms with E-state index in [0.29, 0.717) is 24.7 Å². The predicted molar refractivity (Wildman–Crippen MR) is 116 cm³/mol. The van der Waals surface area contributed by atoms with Crippen molar-refractivity contribution >= 4 is 5.78 Å². The smallest absolute Gasteiger partial charge is 0.133 e. The highest BCUT2D eigenvalue weighted by Crippen LogP contribution is 2.40. The maximum atomic E-state index is 12.0. The van der Waals surface area contributed by atoms with E-state index in [9.17, 15) is 4.79 Å². The number of carbonyl (C=O) groups excluding carboxylic acids is 1. The van der Waals surface area contributed by atoms with Crippen LogP contribution in [0.25, 0.3) is 0 Å². The number of benzene rings is 2. The summed E-state index contributed by atoms with van der Waals surface area (Å²) < 4.78 is 6.34. The van der Waals surface area contributed by atoms with Gasteiger partial charge in [0, 0.05) is 12.8 Å². The fourth-order valence-electron chi connectivity index (χ4n) is 4.21. The molecule has 0 aromatic heterocycles. The van der Waals surface area contributed by atoms with Crippen molar-refractivity contribution in [1.29, 1.82) is 0 Å². The normalized spacial score (nSPS) is 17.5. The number of ether oxygens (including phenoxy) is 1. The van der Waals surface area contributed by atoms with Crippen molar-refractivity contribution in [2.24, 2.45) is 0 Å². The van der Waals surface area contributed by atoms with Gasteiger partial charge in [0.15, 0.2) is 0 Å². The Bertz CT molecular complexity index is 776. The number of hydrogen-bond acceptors (Lipinski definition) is 2. The van der Waals surface area contributed by atoms with Crippen molar-refractivity contribution in [3.63, 3.8) is 0 Å². The van der Waals surface area contributed by atoms with E-state index >= 15 is 0 Å². The number of rotatable bonds is 8. The second-order valence-corrected chi connectivity index (χ2v) is 8.85. The summed E-state index contributed by atoms with van der Waals surface area (Å²) in [6.45, 7) is 7.45. The molecule has 0 bridgehead atoms. The van der Waals surface area contributed by atoms with Gasteiger partial charge in [-0.3, -0.25) is 4.79 Å². The van der Waals surface area contributed by atoms with Gasteiger partial charge in [0.25, 0.3) is 0 Å². The van der Waals surface area contributed by atoms with E-state index in [1.54, 1.807) is 0 Å². The molecule has 0 saturated heterocycles. The number of ketones is 1. The third-order valence-corrected chi connectivity index (χ3v) is 6.11. The van der Waals surface area contributed by atoms with E-state index in [1.165, 1.54) is 36.0 Å². The van der Waals surface area contributed by atoms with Gasteiger partial charge in [-0.05, 0) is 53.4 Å². The lowest BCUT2D eigenvalue weighted by molar-refractivity contribution is -0.120. The summed E-state index contributed by atoms with van der Waals surface area (Å²) in [6, 6.07) is 17.0. The summed E-state index contributed by atoms with van der Waals surface area (Å²) in [6.07, 6.45) is 7.06. The molecule has 0 radical (unpaired) electrons. The van der Waals surface area contributed by atoms with Gasteiger partial charge in [0.1, 0.15) is 18.1 Å². The van der Waals surface area contributed by atoms with Crippen LogP contribution in [0.5, 0.6) is 5.75 Å². The zero-order valence-corrected chi connectivity index (χ0v) is 17.7. The Balaban J connectivity index is 1.88. The Kier molecular flexibility index (Phi) is 6.93. The molecule has 0 N–H and O–H groups in total. The highest BCUT2D eigenvalue weighted by atomic mass is 16.5. The average molecular weight is 379 g/mol. The van der Waals surface area contributed by atoms with Gasteiger partial charge in [-0.25, -0.2) is 0 Å². The van der Waals surface area contributed by atoms with Gasteiger partial charge >= 0.3 is 0 Å². The van der Waals surface area contributed by atoms with Crippen LogP contribution >= 0.6 is 0 Å². The molecule has 1 aliphatic carbocycles. The van der Waals surface area contributed by atoms with Crippen LogP contribution in [-0.4, -0.2) is 5.78 Å². The maximum Gasteiger partial charge on any atom is 0.133 e. The van der Waals surface area contributed by atoms with Crippen molar-refractivity contribution < 1.29 is 9.53 Å². The fourth-order valence-corrected chi connectivity index (χ4v) is 4.21. The zero-order valence-electron chi connectivity index (χ0n) is 17.7. The first kappa shape index (κ1) is 20.6. The standard InChI is InChI=1S/C26H34O2/c1-4-5-16-26(2,3)22-14-15-24(21-12-9-13-23(27)17-21)25(18-22)28-19-20-10-7-6-8-11-20/h6-8,10-11,14-15,18,21H,4-5,9,12-13,16-17,19H2,1-3H3. The molecular weight excluding hydrogens is 344 g/mol. The Morgan fingerprint density at radius 2 is 1.89 bits per heavy atom. The first-order chi connectivity index (χ1) is 13.5. The van der Waals surface area contributed by atoms with Crippen molar-refractivity contribution in [2.75, 3.05) is 0 Å². The van der Waals surface area contributed by atoms with Crippen LogP contribution in [0.15, 0.2) is 48.5 Å². The van der Waals surface area contributed by atoms with E-state index < -0.39 is 0 Å². The Labute approximate surface area is 170 Å². The predicted octanol–water partition coefficient (Wildman–Crippen LogP) is 6.96. The molecule has 0 amide bonds. The van der Waals surface area contributed by atoms with E-state index in [1.807, 2.05) is 18.2 Å². The van der Waals surface area contributed by atoms with Crippen LogP contribution in [0.4, 0.5) is 0 Å². The van der Waals surface area contributed by atoms with Crippen LogP contribution in [-0.2, 0) is 16.8 Å². The average Bonchev–Trinajstić information content (AvgIpc) is 2.71. The van der Waals surface area contributed by atoms with Crippen molar-refractivity contribution in [3.05, 3.63) is 65.2 Å². The quantitative estimate of drug-likeness (QED) is 0.496. The first-order valence-corrected chi connectivity index (χ1v) is 10.8. The minimum Gasteiger partial charge on any atom is -0.489 e. The molecule has 2 aromatic carbocycles. The first-order valence-electron chi connectivity index (χ1n) is 10.8. The molecule has 1 unspecified atom stereocenters. The highest BCUT2D eigenvalue weighted by Gasteiger charge is 2.26. The second-order valence-electron chi connectivity index (χ2n) is 8.85. The molecule has 0 aliphatic heterocycles. The van der Waals surface area contributed by atoms with Crippen molar-refractivity contribution in [2.45, 2.75) is 83.7 Å². The van der Waals surface area contributed by atoms with E-state index in [-0.39, 0.29) is 5.41 Å². The molecular formula is C26H34O2. The Hall–Kier alpha value is -2.09. The minimum absolute atomic E-state index is 0.127. The number of Topliss-reactive ketones (excluding diaryl/α,β-unsaturated/α-hetero) is 1. The molecule has 2 heteroatoms. The lowest BCUT2D eigenvalue weighted by Crippen LogP contribution is -2.18. The monoisotopic (exact) mass is 378 g/mol. The molecule has 2 nitrogen and oxygen atoms in total. The number of hydrogen-bond donors (Lipinski definition) is 0. The maximum absolute atomic E-state index is 12.0. The SMILES string of the molecule is CCCCC(C)(C)c1ccc(C2CCCC(=O)C2)c(OCc2ccccc2)c1. The molecule has 28 heavy (non-hydrogen) atoms. The van der Waals surface area contributed by atoms with Gasteiger partial charge in [-0.15, -0.1) is 0 Å². The zero-order chi connectivity index (χ0) is 20.0. The van der Waals surface area contributed by atoms with Crippen LogP contribution in [0.2, 0.25) is 0 Å². The Morgan fingerprint density at radius 3 is 2.61 bits per heavy atom. The van der Waals surface area contributed by atoms with E-state index in [0.717, 1.165) is 25.0 Å². The molecule has 1 saturated carbocycles. The molecule has 1 fully saturated rings. The van der Waals surface area contributed by atoms with Gasteiger partial charge in [-0.2, -0.15) is 0 Å². The third kappa shape index (κ3) is 5.25. The lowest BCUT2D eigenvalue weighted by atomic mass is 9.77. The van der Waals surface area contributed by atoms with Crippen LogP contribution in [0.3, 0.4) is 0 Å². The summed E-state index contributed by atoms with van der Waals surface area (Å²) >= 11 is 0. The fraction of sp³-hybridized carbons (Fsp3) is 0.500. The van der Waals surface area contributed by atoms with Crippen LogP contribution in [0, 0.1) is 0 Å². The van der Waals surface area contributed by atoms with Gasteiger partial charge in [0.2, 0.25) is 0 Å². The van der Waals surface area contributed by atoms with E-state index in [4.69, 9.17) is 4.74 Å². The summed E-state index contributed by atoms with van der Waals surface area (Å²) in [4.78, 5) is 12.0.